The maximum Gasteiger partial charge on any atom is 0.217 e. The number of carbonyl (C=O) groups excluding carboxylic acids is 1. The quantitative estimate of drug-likeness (QED) is 0.426. The Labute approximate surface area is 81.4 Å². The van der Waals surface area contributed by atoms with E-state index < -0.39 is 0 Å². The molecule has 0 radical (unpaired) electrons. The van der Waals surface area contributed by atoms with Crippen molar-refractivity contribution in [3.05, 3.63) is 0 Å². The van der Waals surface area contributed by atoms with E-state index in [2.05, 4.69) is 0 Å². The summed E-state index contributed by atoms with van der Waals surface area (Å²) in [5.41, 5.74) is 5.04. The molecule has 1 rings (SSSR count). The second-order valence-electron chi connectivity index (χ2n) is 3.04. The Morgan fingerprint density at radius 1 is 1.50 bits per heavy atom. The first kappa shape index (κ1) is 10.3. The van der Waals surface area contributed by atoms with Crippen molar-refractivity contribution in [3.8, 4) is 0 Å². The number of unbranched alkanes of at least 4 members (excludes halogenated alkanes) is 1. The highest BCUT2D eigenvalue weighted by molar-refractivity contribution is 8.77. The predicted molar refractivity (Wildman–Crippen MR) is 56.1 cm³/mol. The molecule has 0 aromatic rings. The molecular formula is C8H15NOS2. The van der Waals surface area contributed by atoms with Crippen LogP contribution in [0.15, 0.2) is 0 Å². The van der Waals surface area contributed by atoms with E-state index >= 15 is 0 Å². The Morgan fingerprint density at radius 2 is 2.33 bits per heavy atom. The fraction of sp³-hybridized carbons (Fsp3) is 0.875. The average Bonchev–Trinajstić information content (AvgIpc) is 2.49. The molecule has 1 amide bonds. The average molecular weight is 206 g/mol. The van der Waals surface area contributed by atoms with Crippen LogP contribution in [0.2, 0.25) is 0 Å². The van der Waals surface area contributed by atoms with Gasteiger partial charge in [0.25, 0.3) is 0 Å². The Hall–Kier alpha value is 0.170. The Kier molecular flexibility index (Phi) is 4.92. The molecule has 1 aliphatic heterocycles. The Balaban J connectivity index is 1.91. The molecule has 0 spiro atoms. The fourth-order valence-corrected chi connectivity index (χ4v) is 4.26. The molecule has 2 N–H and O–H groups in total. The molecule has 0 aromatic heterocycles. The van der Waals surface area contributed by atoms with Crippen LogP contribution in [0.1, 0.15) is 32.1 Å². The molecule has 0 aliphatic carbocycles. The predicted octanol–water partition coefficient (Wildman–Crippen LogP) is 2.19. The molecular weight excluding hydrogens is 191 g/mol. The lowest BCUT2D eigenvalue weighted by Crippen LogP contribution is -2.10. The van der Waals surface area contributed by atoms with Gasteiger partial charge in [-0.25, -0.2) is 0 Å². The Morgan fingerprint density at radius 3 is 2.92 bits per heavy atom. The molecule has 1 aliphatic rings. The third-order valence-electron chi connectivity index (χ3n) is 1.93. The zero-order valence-corrected chi connectivity index (χ0v) is 8.76. The maximum atomic E-state index is 10.4. The molecule has 70 valence electrons. The minimum absolute atomic E-state index is 0.163. The zero-order valence-electron chi connectivity index (χ0n) is 7.12. The van der Waals surface area contributed by atoms with Crippen molar-refractivity contribution < 1.29 is 4.79 Å². The van der Waals surface area contributed by atoms with Gasteiger partial charge in [-0.1, -0.05) is 28.0 Å². The number of primary amides is 1. The molecule has 1 atom stereocenters. The van der Waals surface area contributed by atoms with Crippen molar-refractivity contribution in [2.45, 2.75) is 37.4 Å². The van der Waals surface area contributed by atoms with E-state index in [1.807, 2.05) is 21.6 Å². The third kappa shape index (κ3) is 4.26. The zero-order chi connectivity index (χ0) is 8.81. The highest BCUT2D eigenvalue weighted by atomic mass is 33.1. The smallest absolute Gasteiger partial charge is 0.217 e. The van der Waals surface area contributed by atoms with Gasteiger partial charge in [-0.3, -0.25) is 4.79 Å². The van der Waals surface area contributed by atoms with Gasteiger partial charge >= 0.3 is 0 Å². The van der Waals surface area contributed by atoms with Crippen LogP contribution in [-0.4, -0.2) is 16.9 Å². The van der Waals surface area contributed by atoms with Crippen LogP contribution in [0.4, 0.5) is 0 Å². The summed E-state index contributed by atoms with van der Waals surface area (Å²) in [5.74, 6) is 1.13. The first-order chi connectivity index (χ1) is 5.79. The van der Waals surface area contributed by atoms with Crippen LogP contribution >= 0.6 is 21.6 Å². The van der Waals surface area contributed by atoms with Crippen molar-refractivity contribution in [2.75, 3.05) is 5.75 Å². The maximum absolute atomic E-state index is 10.4. The summed E-state index contributed by atoms with van der Waals surface area (Å²) in [6.07, 6.45) is 5.28. The molecule has 12 heavy (non-hydrogen) atoms. The van der Waals surface area contributed by atoms with Crippen molar-refractivity contribution in [1.29, 1.82) is 0 Å². The van der Waals surface area contributed by atoms with Gasteiger partial charge < -0.3 is 5.73 Å². The minimum Gasteiger partial charge on any atom is -0.370 e. The van der Waals surface area contributed by atoms with E-state index in [1.165, 1.54) is 18.6 Å². The number of carbonyl (C=O) groups is 1. The summed E-state index contributed by atoms with van der Waals surface area (Å²) in [7, 11) is 3.97. The van der Waals surface area contributed by atoms with E-state index in [0.717, 1.165) is 18.1 Å². The molecule has 1 fully saturated rings. The molecule has 1 heterocycles. The lowest BCUT2D eigenvalue weighted by atomic mass is 10.1. The van der Waals surface area contributed by atoms with Gasteiger partial charge in [-0.2, -0.15) is 0 Å². The largest absolute Gasteiger partial charge is 0.370 e. The van der Waals surface area contributed by atoms with Gasteiger partial charge in [0.1, 0.15) is 0 Å². The first-order valence-electron chi connectivity index (χ1n) is 4.35. The van der Waals surface area contributed by atoms with Crippen LogP contribution in [0.5, 0.6) is 0 Å². The van der Waals surface area contributed by atoms with E-state index in [-0.39, 0.29) is 5.91 Å². The number of nitrogens with two attached hydrogens (primary N) is 1. The summed E-state index contributed by atoms with van der Waals surface area (Å²) in [4.78, 5) is 10.4. The van der Waals surface area contributed by atoms with Gasteiger partial charge in [0.15, 0.2) is 0 Å². The molecule has 4 heteroatoms. The second kappa shape index (κ2) is 5.75. The van der Waals surface area contributed by atoms with Crippen LogP contribution < -0.4 is 5.73 Å². The van der Waals surface area contributed by atoms with Crippen LogP contribution in [0.25, 0.3) is 0 Å². The van der Waals surface area contributed by atoms with E-state index in [4.69, 9.17) is 5.73 Å². The summed E-state index contributed by atoms with van der Waals surface area (Å²) in [6.45, 7) is 0. The normalized spacial score (nSPS) is 22.8. The van der Waals surface area contributed by atoms with E-state index in [1.54, 1.807) is 0 Å². The summed E-state index contributed by atoms with van der Waals surface area (Å²) >= 11 is 0. The number of hydrogen-bond acceptors (Lipinski definition) is 3. The van der Waals surface area contributed by atoms with Crippen LogP contribution in [-0.2, 0) is 4.79 Å². The molecule has 0 unspecified atom stereocenters. The summed E-state index contributed by atoms with van der Waals surface area (Å²) in [6, 6.07) is 0. The van der Waals surface area contributed by atoms with E-state index in [9.17, 15) is 4.79 Å². The molecule has 0 bridgehead atoms. The van der Waals surface area contributed by atoms with E-state index in [0.29, 0.717) is 6.42 Å². The van der Waals surface area contributed by atoms with Crippen LogP contribution in [0, 0.1) is 0 Å². The highest BCUT2D eigenvalue weighted by Gasteiger charge is 2.15. The standard InChI is InChI=1S/C8H15NOS2/c9-8(10)4-2-1-3-7-5-6-11-12-7/h7H,1-6H2,(H2,9,10)/t7-/m1/s1/i9+1. The minimum atomic E-state index is -0.163. The Bertz CT molecular complexity index is 146. The SMILES string of the molecule is [15NH2]C(=O)CCCC[C@@H]1CCSS1. The van der Waals surface area contributed by atoms with Gasteiger partial charge in [0.2, 0.25) is 5.91 Å². The fourth-order valence-electron chi connectivity index (χ4n) is 1.24. The van der Waals surface area contributed by atoms with Crippen LogP contribution in [0.3, 0.4) is 0 Å². The molecule has 2 nitrogen and oxygen atoms in total. The highest BCUT2D eigenvalue weighted by Crippen LogP contribution is 2.39. The number of hydrogen-bond donors (Lipinski definition) is 1. The van der Waals surface area contributed by atoms with Crippen molar-refractivity contribution in [3.63, 3.8) is 0 Å². The summed E-state index contributed by atoms with van der Waals surface area (Å²) < 4.78 is 0. The topological polar surface area (TPSA) is 43.1 Å². The van der Waals surface area contributed by atoms with Gasteiger partial charge in [-0.05, 0) is 19.3 Å². The van der Waals surface area contributed by atoms with Gasteiger partial charge in [0, 0.05) is 17.4 Å². The molecule has 0 aromatic carbocycles. The van der Waals surface area contributed by atoms with Crippen molar-refractivity contribution in [2.24, 2.45) is 5.73 Å². The lowest BCUT2D eigenvalue weighted by Gasteiger charge is -2.05. The molecule has 1 saturated heterocycles. The number of rotatable bonds is 5. The number of amides is 1. The first-order valence-corrected chi connectivity index (χ1v) is 6.74. The molecule has 0 saturated carbocycles. The van der Waals surface area contributed by atoms with Gasteiger partial charge in [-0.15, -0.1) is 0 Å². The van der Waals surface area contributed by atoms with Gasteiger partial charge in [0.05, 0.1) is 0 Å². The summed E-state index contributed by atoms with van der Waals surface area (Å²) in [5, 5.41) is 0.836. The van der Waals surface area contributed by atoms with Crippen molar-refractivity contribution >= 4 is 27.5 Å². The third-order valence-corrected chi connectivity index (χ3v) is 4.93. The monoisotopic (exact) mass is 206 g/mol. The lowest BCUT2D eigenvalue weighted by molar-refractivity contribution is -0.118. The second-order valence-corrected chi connectivity index (χ2v) is 5.83. The van der Waals surface area contributed by atoms with Crippen molar-refractivity contribution in [1.82, 2.24) is 0 Å².